The van der Waals surface area contributed by atoms with Gasteiger partial charge < -0.3 is 58.6 Å². The SMILES string of the molecule is C#Cc1ccc(-c2cc3c(N4CCC(c5nc(-c6ccc(OC(C)C)cc6)c(C)[nH]5)CC4)ncnc3[nH]2)cc1.CCOc1cc(-c2nc(C3CCN(c4ncnc5c4C=C(c4ccc(C)cc4)C5)CC3)[nH]c2C)ccc1C.COc1cc(-c2cc3c(N4CCC(c5nc(-c6ccc(OC(C)C)cc6)c(C)[nH]5)CC4)ncnc3[nH]2)ccn1. The van der Waals surface area contributed by atoms with Crippen LogP contribution in [0.1, 0.15) is 159 Å². The standard InChI is InChI=1S/C32H32N6O.C32H35N5O.C30H33N7O2/c1-5-22-6-8-23(9-7-22)28-18-27-31(36-28)33-19-34-32(27)38-16-14-25(15-17-38)30-35-21(4)29(37-30)24-10-12-26(13-11-24)39-20(2)3;1-5-38-29-18-25(11-8-21(29)3)30-22(4)35-31(36-30)24-12-14-37(15-13-24)32-27-16-26(17-28(27)33-19-34-32)23-9-6-20(2)7-10-23;1-18(2)39-23-7-5-20(6-8-23)27-19(3)34-28(36-27)21-10-13-37(14-11-21)30-24-16-25(35-29(24)32-17-33-30)22-9-12-31-26(15-22)38-4/h1,6-13,18-20,25H,14-17H2,2-4H3,(H,35,37)(H,33,34,36);6-11,16,18-19,24H,5,12-15,17H2,1-4H3,(H,35,36);5-9,12,15-18,21H,10-11,13-14H2,1-4H3,(H,34,36)(H,32,33,35). The molecule has 3 aliphatic heterocycles. The number of nitrogens with zero attached hydrogens (tertiary/aromatic N) is 13. The van der Waals surface area contributed by atoms with E-state index in [0.717, 1.165) is 249 Å². The molecule has 0 saturated carbocycles. The maximum atomic E-state index is 5.83. The van der Waals surface area contributed by atoms with Crippen LogP contribution >= 0.6 is 0 Å². The molecule has 0 spiro atoms. The van der Waals surface area contributed by atoms with Crippen LogP contribution in [0.2, 0.25) is 0 Å². The summed E-state index contributed by atoms with van der Waals surface area (Å²) in [6, 6.07) is 47.6. The van der Waals surface area contributed by atoms with E-state index in [4.69, 9.17) is 45.3 Å². The topological polar surface area (TPSA) is 254 Å². The molecule has 5 aromatic carbocycles. The number of methoxy groups -OCH3 is 1. The number of hydrogen-bond donors (Lipinski definition) is 5. The second-order valence-corrected chi connectivity index (χ2v) is 31.2. The maximum Gasteiger partial charge on any atom is 0.213 e. The maximum absolute atomic E-state index is 5.83. The number of allylic oxidation sites excluding steroid dienone is 1. The highest BCUT2D eigenvalue weighted by molar-refractivity contribution is 5.94. The molecule has 0 unspecified atom stereocenters. The lowest BCUT2D eigenvalue weighted by Gasteiger charge is -2.32. The first-order valence-corrected chi connectivity index (χ1v) is 40.6. The number of pyridine rings is 1. The van der Waals surface area contributed by atoms with Gasteiger partial charge in [0.15, 0.2) is 0 Å². The number of nitrogens with one attached hydrogen (secondary N) is 5. The highest BCUT2D eigenvalue weighted by Gasteiger charge is 2.32. The summed E-state index contributed by atoms with van der Waals surface area (Å²) in [6.07, 6.45) is 21.8. The van der Waals surface area contributed by atoms with Crippen molar-refractivity contribution in [2.75, 3.05) is 67.7 Å². The summed E-state index contributed by atoms with van der Waals surface area (Å²) in [6.45, 7) is 26.9. The van der Waals surface area contributed by atoms with Crippen molar-refractivity contribution in [1.29, 1.82) is 0 Å². The highest BCUT2D eigenvalue weighted by Crippen LogP contribution is 2.42. The van der Waals surface area contributed by atoms with Crippen molar-refractivity contribution >= 4 is 51.2 Å². The largest absolute Gasteiger partial charge is 0.494 e. The fourth-order valence-electron chi connectivity index (χ4n) is 16.4. The minimum atomic E-state index is 0.156. The number of terminal acetylenes is 1. The molecular formula is C94H100N18O4. The number of benzene rings is 5. The molecular weight excluding hydrogens is 1450 g/mol. The minimum Gasteiger partial charge on any atom is -0.494 e. The average Bonchev–Trinajstić information content (AvgIpc) is 1.63. The Bertz CT molecular complexity index is 5840. The molecule has 1 aliphatic carbocycles. The Morgan fingerprint density at radius 1 is 0.466 bits per heavy atom. The number of piperidine rings is 3. The van der Waals surface area contributed by atoms with E-state index in [-0.39, 0.29) is 12.2 Å². The van der Waals surface area contributed by atoms with Crippen LogP contribution in [0, 0.1) is 47.0 Å². The van der Waals surface area contributed by atoms with Crippen LogP contribution in [0.4, 0.5) is 17.5 Å². The molecule has 0 bridgehead atoms. The number of aromatic amines is 5. The predicted octanol–water partition coefficient (Wildman–Crippen LogP) is 19.0. The van der Waals surface area contributed by atoms with Crippen molar-refractivity contribution in [3.05, 3.63) is 233 Å². The summed E-state index contributed by atoms with van der Waals surface area (Å²) in [5.74, 6) is 13.3. The first-order chi connectivity index (χ1) is 56.5. The fraction of sp³-hybridized carbons (Fsp3) is 0.319. The normalized spacial score (nSPS) is 14.7. The first kappa shape index (κ1) is 77.1. The summed E-state index contributed by atoms with van der Waals surface area (Å²) in [7, 11) is 1.62. The van der Waals surface area contributed by atoms with Gasteiger partial charge in [-0.25, -0.2) is 49.8 Å². The van der Waals surface area contributed by atoms with Gasteiger partial charge in [-0.2, -0.15) is 0 Å². The molecule has 9 aromatic heterocycles. The number of fused-ring (bicyclic) bond motifs is 3. The molecule has 3 fully saturated rings. The van der Waals surface area contributed by atoms with Gasteiger partial charge in [-0.3, -0.25) is 0 Å². The fourth-order valence-corrected chi connectivity index (χ4v) is 16.4. The second kappa shape index (κ2) is 34.0. The molecule has 4 aliphatic rings. The third-order valence-corrected chi connectivity index (χ3v) is 22.5. The Morgan fingerprint density at radius 2 is 0.914 bits per heavy atom. The minimum absolute atomic E-state index is 0.156. The van der Waals surface area contributed by atoms with Gasteiger partial charge in [0.05, 0.1) is 59.5 Å². The number of ether oxygens (including phenoxy) is 4. The number of anilines is 3. The molecule has 0 radical (unpaired) electrons. The smallest absolute Gasteiger partial charge is 0.213 e. The third kappa shape index (κ3) is 16.9. The summed E-state index contributed by atoms with van der Waals surface area (Å²) in [4.78, 5) is 71.8. The van der Waals surface area contributed by atoms with Crippen molar-refractivity contribution in [3.8, 4) is 91.8 Å². The number of H-pyrrole nitrogens is 5. The zero-order valence-corrected chi connectivity index (χ0v) is 68.0. The molecule has 116 heavy (non-hydrogen) atoms. The monoisotopic (exact) mass is 1540 g/mol. The van der Waals surface area contributed by atoms with Crippen molar-refractivity contribution in [3.63, 3.8) is 0 Å². The Balaban J connectivity index is 0.000000131. The lowest BCUT2D eigenvalue weighted by Crippen LogP contribution is -2.34. The number of hydrogen-bond acceptors (Lipinski definition) is 17. The Kier molecular flexibility index (Phi) is 22.6. The summed E-state index contributed by atoms with van der Waals surface area (Å²) in [5, 5.41) is 2.05. The second-order valence-electron chi connectivity index (χ2n) is 31.2. The molecule has 12 heterocycles. The van der Waals surface area contributed by atoms with Crippen LogP contribution in [0.5, 0.6) is 23.1 Å². The molecule has 22 heteroatoms. The van der Waals surface area contributed by atoms with Crippen LogP contribution in [-0.4, -0.2) is 140 Å². The lowest BCUT2D eigenvalue weighted by molar-refractivity contribution is 0.242. The molecule has 14 aromatic rings. The van der Waals surface area contributed by atoms with Crippen molar-refractivity contribution < 1.29 is 18.9 Å². The van der Waals surface area contributed by atoms with E-state index in [9.17, 15) is 0 Å². The van der Waals surface area contributed by atoms with Crippen molar-refractivity contribution in [1.82, 2.24) is 74.8 Å². The van der Waals surface area contributed by atoms with Gasteiger partial charge in [0.1, 0.15) is 82.5 Å². The van der Waals surface area contributed by atoms with E-state index >= 15 is 0 Å². The van der Waals surface area contributed by atoms with Crippen LogP contribution < -0.4 is 33.6 Å². The summed E-state index contributed by atoms with van der Waals surface area (Å²) in [5.41, 5.74) is 23.5. The predicted molar refractivity (Wildman–Crippen MR) is 462 cm³/mol. The van der Waals surface area contributed by atoms with Crippen LogP contribution in [0.25, 0.3) is 90.0 Å². The van der Waals surface area contributed by atoms with E-state index in [0.29, 0.717) is 30.2 Å². The van der Waals surface area contributed by atoms with Gasteiger partial charge in [-0.15, -0.1) is 6.42 Å². The third-order valence-electron chi connectivity index (χ3n) is 22.5. The number of imidazole rings is 3. The quantitative estimate of drug-likeness (QED) is 0.0472. The Morgan fingerprint density at radius 3 is 1.40 bits per heavy atom. The average molecular weight is 1550 g/mol. The van der Waals surface area contributed by atoms with Crippen molar-refractivity contribution in [2.24, 2.45) is 0 Å². The zero-order valence-electron chi connectivity index (χ0n) is 68.0. The van der Waals surface area contributed by atoms with Crippen LogP contribution in [0.15, 0.2) is 165 Å². The van der Waals surface area contributed by atoms with Gasteiger partial charge >= 0.3 is 0 Å². The van der Waals surface area contributed by atoms with Gasteiger partial charge in [0, 0.05) is 138 Å². The molecule has 5 N–H and O–H groups in total. The van der Waals surface area contributed by atoms with E-state index < -0.39 is 0 Å². The van der Waals surface area contributed by atoms with Gasteiger partial charge in [-0.05, 0) is 221 Å². The molecule has 22 nitrogen and oxygen atoms in total. The molecule has 3 saturated heterocycles. The molecule has 590 valence electrons. The zero-order chi connectivity index (χ0) is 80.1. The number of aryl methyl sites for hydroxylation is 5. The van der Waals surface area contributed by atoms with Crippen LogP contribution in [-0.2, 0) is 6.42 Å². The first-order valence-electron chi connectivity index (χ1n) is 40.6. The van der Waals surface area contributed by atoms with Crippen molar-refractivity contribution in [2.45, 2.75) is 144 Å². The van der Waals surface area contributed by atoms with E-state index in [2.05, 4.69) is 195 Å². The van der Waals surface area contributed by atoms with Gasteiger partial charge in [0.2, 0.25) is 5.88 Å². The summed E-state index contributed by atoms with van der Waals surface area (Å²) >= 11 is 0. The van der Waals surface area contributed by atoms with E-state index in [1.165, 1.54) is 22.3 Å². The highest BCUT2D eigenvalue weighted by atomic mass is 16.5. The van der Waals surface area contributed by atoms with E-state index in [1.807, 2.05) is 95.3 Å². The molecule has 0 amide bonds. The Hall–Kier alpha value is -12.9. The molecule has 0 atom stereocenters. The Labute approximate surface area is 677 Å². The van der Waals surface area contributed by atoms with Gasteiger partial charge in [-0.1, -0.05) is 60.0 Å². The molecule has 18 rings (SSSR count). The van der Waals surface area contributed by atoms with E-state index in [1.54, 1.807) is 32.3 Å². The van der Waals surface area contributed by atoms with Crippen LogP contribution in [0.3, 0.4) is 0 Å². The number of aromatic nitrogens is 15. The van der Waals surface area contributed by atoms with Gasteiger partial charge in [0.25, 0.3) is 0 Å². The number of rotatable bonds is 19. The summed E-state index contributed by atoms with van der Waals surface area (Å²) < 4.78 is 22.7. The lowest BCUT2D eigenvalue weighted by atomic mass is 9.96.